The number of aromatic nitrogens is 1. The summed E-state index contributed by atoms with van der Waals surface area (Å²) in [4.78, 5) is 6.08. The van der Waals surface area contributed by atoms with Gasteiger partial charge in [-0.25, -0.2) is 8.78 Å². The second-order valence-electron chi connectivity index (χ2n) is 6.98. The lowest BCUT2D eigenvalue weighted by Crippen LogP contribution is -2.34. The highest BCUT2D eigenvalue weighted by molar-refractivity contribution is 5.54. The molecule has 1 aliphatic rings. The summed E-state index contributed by atoms with van der Waals surface area (Å²) in [5.74, 6) is -2.06. The maximum absolute atomic E-state index is 15.3. The number of piperidine rings is 1. The molecule has 0 amide bonds. The predicted octanol–water partition coefficient (Wildman–Crippen LogP) is 3.72. The number of pyridine rings is 1. The van der Waals surface area contributed by atoms with Crippen LogP contribution in [0.4, 0.5) is 23.2 Å². The van der Waals surface area contributed by atoms with Crippen LogP contribution < -0.4 is 16.1 Å². The summed E-state index contributed by atoms with van der Waals surface area (Å²) in [6.07, 6.45) is 5.72. The van der Waals surface area contributed by atoms with Crippen LogP contribution in [0.25, 0.3) is 0 Å². The maximum Gasteiger partial charge on any atom is 0.298 e. The first kappa shape index (κ1) is 20.9. The summed E-state index contributed by atoms with van der Waals surface area (Å²) in [6, 6.07) is 5.42. The highest BCUT2D eigenvalue weighted by atomic mass is 19.3. The Labute approximate surface area is 166 Å². The average Bonchev–Trinajstić information content (AvgIpc) is 2.73. The Hall–Kier alpha value is -2.84. The molecule has 1 fully saturated rings. The Balaban J connectivity index is 1.90. The van der Waals surface area contributed by atoms with Gasteiger partial charge < -0.3 is 16.1 Å². The Morgan fingerprint density at radius 2 is 1.93 bits per heavy atom. The number of hydrogen-bond acceptors (Lipinski definition) is 4. The molecule has 3 rings (SSSR count). The zero-order valence-corrected chi connectivity index (χ0v) is 15.8. The molecule has 1 aromatic heterocycles. The SMILES string of the molecule is N/N=C\NCC(c1ccc(F)cc1F)C(F)(F)c1ccc(N2CCCCC2)cn1. The van der Waals surface area contributed by atoms with Crippen molar-refractivity contribution in [1.82, 2.24) is 10.3 Å². The summed E-state index contributed by atoms with van der Waals surface area (Å²) in [5, 5.41) is 5.72. The van der Waals surface area contributed by atoms with E-state index < -0.39 is 29.2 Å². The van der Waals surface area contributed by atoms with Gasteiger partial charge in [0.25, 0.3) is 5.92 Å². The van der Waals surface area contributed by atoms with Crippen LogP contribution in [0, 0.1) is 11.6 Å². The highest BCUT2D eigenvalue weighted by Crippen LogP contribution is 2.42. The minimum Gasteiger partial charge on any atom is -0.374 e. The standard InChI is InChI=1S/C20H23F4N5/c21-14-4-6-16(18(22)10-14)17(12-26-13-28-25)20(23,24)19-7-5-15(11-27-19)29-8-2-1-3-9-29/h4-7,10-11,13,17H,1-3,8-9,12,25H2,(H,26,28). The summed E-state index contributed by atoms with van der Waals surface area (Å²) < 4.78 is 58.2. The molecule has 1 atom stereocenters. The van der Waals surface area contributed by atoms with Crippen molar-refractivity contribution in [2.75, 3.05) is 24.5 Å². The van der Waals surface area contributed by atoms with Crippen LogP contribution in [-0.4, -0.2) is 31.0 Å². The van der Waals surface area contributed by atoms with E-state index in [1.165, 1.54) is 12.3 Å². The number of anilines is 1. The smallest absolute Gasteiger partial charge is 0.298 e. The first-order valence-electron chi connectivity index (χ1n) is 9.43. The van der Waals surface area contributed by atoms with Crippen LogP contribution in [-0.2, 0) is 5.92 Å². The molecule has 3 N–H and O–H groups in total. The average molecular weight is 409 g/mol. The Kier molecular flexibility index (Phi) is 6.56. The molecule has 1 unspecified atom stereocenters. The van der Waals surface area contributed by atoms with Gasteiger partial charge in [-0.1, -0.05) is 6.07 Å². The van der Waals surface area contributed by atoms with Crippen molar-refractivity contribution in [3.63, 3.8) is 0 Å². The molecule has 0 saturated carbocycles. The number of halogens is 4. The van der Waals surface area contributed by atoms with E-state index in [1.807, 2.05) is 0 Å². The van der Waals surface area contributed by atoms with Crippen LogP contribution in [0.5, 0.6) is 0 Å². The quantitative estimate of drug-likeness (QED) is 0.241. The molecule has 5 nitrogen and oxygen atoms in total. The maximum atomic E-state index is 15.3. The first-order chi connectivity index (χ1) is 13.9. The van der Waals surface area contributed by atoms with Gasteiger partial charge in [0.05, 0.1) is 17.8 Å². The number of nitrogens with two attached hydrogens (primary N) is 1. The van der Waals surface area contributed by atoms with Gasteiger partial charge in [0.15, 0.2) is 0 Å². The van der Waals surface area contributed by atoms with E-state index in [0.29, 0.717) is 6.07 Å². The monoisotopic (exact) mass is 409 g/mol. The molecule has 2 heterocycles. The number of nitrogens with zero attached hydrogens (tertiary/aromatic N) is 3. The number of nitrogens with one attached hydrogen (secondary N) is 1. The lowest BCUT2D eigenvalue weighted by atomic mass is 9.89. The molecule has 156 valence electrons. The van der Waals surface area contributed by atoms with Gasteiger partial charge in [-0.05, 0) is 43.0 Å². The molecule has 0 bridgehead atoms. The zero-order valence-electron chi connectivity index (χ0n) is 15.8. The molecular formula is C20H23F4N5. The fourth-order valence-corrected chi connectivity index (χ4v) is 3.54. The topological polar surface area (TPSA) is 66.5 Å². The molecule has 0 aliphatic carbocycles. The molecule has 2 aromatic rings. The highest BCUT2D eigenvalue weighted by Gasteiger charge is 2.44. The number of benzene rings is 1. The molecule has 1 saturated heterocycles. The Bertz CT molecular complexity index is 835. The van der Waals surface area contributed by atoms with E-state index in [0.717, 1.165) is 56.5 Å². The molecular weight excluding hydrogens is 386 g/mol. The molecule has 9 heteroatoms. The third-order valence-electron chi connectivity index (χ3n) is 5.07. The first-order valence-corrected chi connectivity index (χ1v) is 9.43. The number of hydrogen-bond donors (Lipinski definition) is 2. The van der Waals surface area contributed by atoms with E-state index >= 15 is 8.78 Å². The van der Waals surface area contributed by atoms with Gasteiger partial charge in [-0.15, -0.1) is 0 Å². The van der Waals surface area contributed by atoms with Crippen molar-refractivity contribution in [2.45, 2.75) is 31.1 Å². The largest absolute Gasteiger partial charge is 0.374 e. The van der Waals surface area contributed by atoms with Crippen molar-refractivity contribution in [2.24, 2.45) is 10.9 Å². The zero-order chi connectivity index (χ0) is 20.9. The van der Waals surface area contributed by atoms with E-state index in [2.05, 4.69) is 20.3 Å². The summed E-state index contributed by atoms with van der Waals surface area (Å²) >= 11 is 0. The number of alkyl halides is 2. The van der Waals surface area contributed by atoms with Gasteiger partial charge in [0.2, 0.25) is 0 Å². The molecule has 0 spiro atoms. The molecule has 29 heavy (non-hydrogen) atoms. The number of hydrazone groups is 1. The van der Waals surface area contributed by atoms with E-state index in [-0.39, 0.29) is 12.1 Å². The Morgan fingerprint density at radius 1 is 1.17 bits per heavy atom. The van der Waals surface area contributed by atoms with E-state index in [9.17, 15) is 8.78 Å². The van der Waals surface area contributed by atoms with Crippen molar-refractivity contribution >= 4 is 12.0 Å². The number of rotatable bonds is 7. The van der Waals surface area contributed by atoms with Crippen LogP contribution in [0.3, 0.4) is 0 Å². The summed E-state index contributed by atoms with van der Waals surface area (Å²) in [7, 11) is 0. The predicted molar refractivity (Wildman–Crippen MR) is 104 cm³/mol. The minimum absolute atomic E-state index is 0.323. The van der Waals surface area contributed by atoms with Gasteiger partial charge >= 0.3 is 0 Å². The van der Waals surface area contributed by atoms with Crippen molar-refractivity contribution in [3.8, 4) is 0 Å². The molecule has 1 aliphatic heterocycles. The van der Waals surface area contributed by atoms with Gasteiger partial charge in [0.1, 0.15) is 23.7 Å². The third-order valence-corrected chi connectivity index (χ3v) is 5.07. The van der Waals surface area contributed by atoms with Gasteiger partial charge in [0, 0.05) is 25.7 Å². The molecule has 0 radical (unpaired) electrons. The molecule has 1 aromatic carbocycles. The van der Waals surface area contributed by atoms with Gasteiger partial charge in [-0.3, -0.25) is 4.98 Å². The minimum atomic E-state index is -3.52. The summed E-state index contributed by atoms with van der Waals surface area (Å²) in [5.41, 5.74) is -0.0307. The van der Waals surface area contributed by atoms with E-state index in [1.54, 1.807) is 6.07 Å². The second-order valence-corrected chi connectivity index (χ2v) is 6.98. The van der Waals surface area contributed by atoms with Crippen LogP contribution in [0.1, 0.15) is 36.4 Å². The lowest BCUT2D eigenvalue weighted by Gasteiger charge is -2.30. The normalized spacial score (nSPS) is 16.2. The van der Waals surface area contributed by atoms with Crippen LogP contribution >= 0.6 is 0 Å². The third kappa shape index (κ3) is 4.78. The van der Waals surface area contributed by atoms with Crippen molar-refractivity contribution in [3.05, 3.63) is 59.4 Å². The fraction of sp³-hybridized carbons (Fsp3) is 0.400. The van der Waals surface area contributed by atoms with Crippen LogP contribution in [0.15, 0.2) is 41.6 Å². The second kappa shape index (κ2) is 9.11. The van der Waals surface area contributed by atoms with Crippen LogP contribution in [0.2, 0.25) is 0 Å². The lowest BCUT2D eigenvalue weighted by molar-refractivity contribution is -0.0377. The van der Waals surface area contributed by atoms with E-state index in [4.69, 9.17) is 5.84 Å². The van der Waals surface area contributed by atoms with Gasteiger partial charge in [-0.2, -0.15) is 13.9 Å². The Morgan fingerprint density at radius 3 is 2.55 bits per heavy atom. The van der Waals surface area contributed by atoms with Crippen molar-refractivity contribution in [1.29, 1.82) is 0 Å². The fourth-order valence-electron chi connectivity index (χ4n) is 3.54. The summed E-state index contributed by atoms with van der Waals surface area (Å²) in [6.45, 7) is 1.36. The van der Waals surface area contributed by atoms with Crippen molar-refractivity contribution < 1.29 is 17.6 Å².